The van der Waals surface area contributed by atoms with Gasteiger partial charge >= 0.3 is 5.97 Å². The maximum absolute atomic E-state index is 12.3. The van der Waals surface area contributed by atoms with Crippen molar-refractivity contribution in [3.8, 4) is 0 Å². The second-order valence-electron chi connectivity index (χ2n) is 5.37. The Morgan fingerprint density at radius 1 is 1.09 bits per heavy atom. The largest absolute Gasteiger partial charge is 0.480 e. The van der Waals surface area contributed by atoms with Crippen molar-refractivity contribution in [3.05, 3.63) is 70.8 Å². The Morgan fingerprint density at radius 3 is 2.36 bits per heavy atom. The van der Waals surface area contributed by atoms with Gasteiger partial charge in [-0.05, 0) is 31.0 Å². The van der Waals surface area contributed by atoms with E-state index in [1.54, 1.807) is 6.07 Å². The molecule has 22 heavy (non-hydrogen) atoms. The number of carbonyl (C=O) groups excluding carboxylic acids is 1. The highest BCUT2D eigenvalue weighted by Gasteiger charge is 2.21. The smallest absolute Gasteiger partial charge is 0.326 e. The third kappa shape index (κ3) is 3.95. The fraction of sp³-hybridized carbons (Fsp3) is 0.222. The zero-order valence-corrected chi connectivity index (χ0v) is 12.7. The van der Waals surface area contributed by atoms with Crippen LogP contribution in [-0.2, 0) is 11.2 Å². The number of carboxylic acids is 1. The van der Waals surface area contributed by atoms with Gasteiger partial charge in [-0.15, -0.1) is 0 Å². The number of hydrogen-bond donors (Lipinski definition) is 2. The van der Waals surface area contributed by atoms with Gasteiger partial charge in [0.2, 0.25) is 0 Å². The van der Waals surface area contributed by atoms with E-state index in [9.17, 15) is 14.7 Å². The summed E-state index contributed by atoms with van der Waals surface area (Å²) in [5, 5.41) is 11.9. The number of nitrogens with one attached hydrogen (secondary N) is 1. The van der Waals surface area contributed by atoms with Crippen LogP contribution in [-0.4, -0.2) is 23.0 Å². The highest BCUT2D eigenvalue weighted by atomic mass is 16.4. The zero-order valence-electron chi connectivity index (χ0n) is 12.7. The molecule has 1 atom stereocenters. The number of carbonyl (C=O) groups is 2. The lowest BCUT2D eigenvalue weighted by Crippen LogP contribution is -2.42. The standard InChI is InChI=1S/C18H19NO3/c1-12-8-9-15(13(2)10-12)17(20)19-16(18(21)22)11-14-6-4-3-5-7-14/h3-10,16H,11H2,1-2H3,(H,19,20)(H,21,22). The van der Waals surface area contributed by atoms with Gasteiger partial charge in [-0.1, -0.05) is 48.0 Å². The Bertz CT molecular complexity index is 680. The van der Waals surface area contributed by atoms with Crippen LogP contribution in [0.25, 0.3) is 0 Å². The average Bonchev–Trinajstić information content (AvgIpc) is 2.47. The van der Waals surface area contributed by atoms with E-state index in [0.29, 0.717) is 5.56 Å². The second kappa shape index (κ2) is 6.89. The monoisotopic (exact) mass is 297 g/mol. The van der Waals surface area contributed by atoms with Crippen LogP contribution in [0.2, 0.25) is 0 Å². The Labute approximate surface area is 129 Å². The highest BCUT2D eigenvalue weighted by molar-refractivity contribution is 5.97. The second-order valence-corrected chi connectivity index (χ2v) is 5.37. The molecule has 0 aliphatic heterocycles. The van der Waals surface area contributed by atoms with Gasteiger partial charge < -0.3 is 10.4 Å². The Kier molecular flexibility index (Phi) is 4.94. The van der Waals surface area contributed by atoms with Crippen molar-refractivity contribution < 1.29 is 14.7 Å². The number of rotatable bonds is 5. The molecule has 0 aliphatic carbocycles. The molecule has 0 saturated carbocycles. The highest BCUT2D eigenvalue weighted by Crippen LogP contribution is 2.11. The van der Waals surface area contributed by atoms with Crippen LogP contribution in [0.4, 0.5) is 0 Å². The molecule has 0 fully saturated rings. The van der Waals surface area contributed by atoms with E-state index in [1.165, 1.54) is 0 Å². The predicted octanol–water partition coefficient (Wildman–Crippen LogP) is 2.73. The van der Waals surface area contributed by atoms with E-state index in [4.69, 9.17) is 0 Å². The van der Waals surface area contributed by atoms with Crippen LogP contribution < -0.4 is 5.32 Å². The molecule has 1 amide bonds. The molecule has 0 spiro atoms. The van der Waals surface area contributed by atoms with Gasteiger partial charge in [-0.3, -0.25) is 4.79 Å². The van der Waals surface area contributed by atoms with E-state index >= 15 is 0 Å². The molecule has 4 heteroatoms. The molecule has 2 N–H and O–H groups in total. The average molecular weight is 297 g/mol. The van der Waals surface area contributed by atoms with Gasteiger partial charge in [0, 0.05) is 12.0 Å². The minimum absolute atomic E-state index is 0.257. The number of benzene rings is 2. The third-order valence-corrected chi connectivity index (χ3v) is 3.51. The molecule has 114 valence electrons. The van der Waals surface area contributed by atoms with Crippen LogP contribution in [0.1, 0.15) is 27.0 Å². The number of hydrogen-bond acceptors (Lipinski definition) is 2. The summed E-state index contributed by atoms with van der Waals surface area (Å²) in [7, 11) is 0. The SMILES string of the molecule is Cc1ccc(C(=O)NC(Cc2ccccc2)C(=O)O)c(C)c1. The number of carboxylic acid groups (broad SMARTS) is 1. The van der Waals surface area contributed by atoms with E-state index in [1.807, 2.05) is 56.3 Å². The van der Waals surface area contributed by atoms with Gasteiger partial charge in [0.15, 0.2) is 0 Å². The van der Waals surface area contributed by atoms with Crippen LogP contribution in [0, 0.1) is 13.8 Å². The van der Waals surface area contributed by atoms with E-state index in [2.05, 4.69) is 5.32 Å². The third-order valence-electron chi connectivity index (χ3n) is 3.51. The van der Waals surface area contributed by atoms with Crippen LogP contribution in [0.15, 0.2) is 48.5 Å². The van der Waals surface area contributed by atoms with E-state index in [-0.39, 0.29) is 12.3 Å². The summed E-state index contributed by atoms with van der Waals surface area (Å²) < 4.78 is 0. The van der Waals surface area contributed by atoms with Crippen molar-refractivity contribution in [1.29, 1.82) is 0 Å². The molecule has 1 unspecified atom stereocenters. The van der Waals surface area contributed by atoms with Gasteiger partial charge in [-0.2, -0.15) is 0 Å². The first kappa shape index (κ1) is 15.8. The lowest BCUT2D eigenvalue weighted by atomic mass is 10.0. The van der Waals surface area contributed by atoms with Crippen molar-refractivity contribution in [2.45, 2.75) is 26.3 Å². The molecule has 0 aliphatic rings. The molecule has 0 radical (unpaired) electrons. The first-order valence-corrected chi connectivity index (χ1v) is 7.12. The molecule has 2 rings (SSSR count). The van der Waals surface area contributed by atoms with Crippen molar-refractivity contribution in [3.63, 3.8) is 0 Å². The number of aryl methyl sites for hydroxylation is 2. The Hall–Kier alpha value is -2.62. The lowest BCUT2D eigenvalue weighted by molar-refractivity contribution is -0.139. The summed E-state index contributed by atoms with van der Waals surface area (Å²) in [5.41, 5.74) is 3.27. The van der Waals surface area contributed by atoms with Crippen molar-refractivity contribution in [2.24, 2.45) is 0 Å². The lowest BCUT2D eigenvalue weighted by Gasteiger charge is -2.16. The molecule has 2 aromatic rings. The first-order chi connectivity index (χ1) is 10.5. The minimum Gasteiger partial charge on any atom is -0.480 e. The first-order valence-electron chi connectivity index (χ1n) is 7.12. The van der Waals surface area contributed by atoms with E-state index in [0.717, 1.165) is 16.7 Å². The molecule has 0 heterocycles. The van der Waals surface area contributed by atoms with Crippen LogP contribution >= 0.6 is 0 Å². The van der Waals surface area contributed by atoms with Crippen LogP contribution in [0.5, 0.6) is 0 Å². The predicted molar refractivity (Wildman–Crippen MR) is 85.0 cm³/mol. The molecule has 0 bridgehead atoms. The summed E-state index contributed by atoms with van der Waals surface area (Å²) in [6.07, 6.45) is 0.257. The van der Waals surface area contributed by atoms with E-state index < -0.39 is 12.0 Å². The maximum Gasteiger partial charge on any atom is 0.326 e. The van der Waals surface area contributed by atoms with Gasteiger partial charge in [-0.25, -0.2) is 4.79 Å². The fourth-order valence-corrected chi connectivity index (χ4v) is 2.35. The summed E-state index contributed by atoms with van der Waals surface area (Å²) >= 11 is 0. The topological polar surface area (TPSA) is 66.4 Å². The zero-order chi connectivity index (χ0) is 16.1. The normalized spacial score (nSPS) is 11.7. The molecular weight excluding hydrogens is 278 g/mol. The molecular formula is C18H19NO3. The molecule has 4 nitrogen and oxygen atoms in total. The maximum atomic E-state index is 12.3. The minimum atomic E-state index is -1.04. The van der Waals surface area contributed by atoms with Crippen molar-refractivity contribution in [2.75, 3.05) is 0 Å². The van der Waals surface area contributed by atoms with Crippen molar-refractivity contribution in [1.82, 2.24) is 5.32 Å². The molecule has 0 saturated heterocycles. The van der Waals surface area contributed by atoms with Gasteiger partial charge in [0.1, 0.15) is 6.04 Å². The quantitative estimate of drug-likeness (QED) is 0.891. The summed E-state index contributed by atoms with van der Waals surface area (Å²) in [6, 6.07) is 13.8. The summed E-state index contributed by atoms with van der Waals surface area (Å²) in [4.78, 5) is 23.7. The number of amides is 1. The van der Waals surface area contributed by atoms with Crippen LogP contribution in [0.3, 0.4) is 0 Å². The Morgan fingerprint density at radius 2 is 1.77 bits per heavy atom. The number of aliphatic carboxylic acids is 1. The van der Waals surface area contributed by atoms with Gasteiger partial charge in [0.05, 0.1) is 0 Å². The van der Waals surface area contributed by atoms with Crippen molar-refractivity contribution >= 4 is 11.9 Å². The molecule has 0 aromatic heterocycles. The summed E-state index contributed by atoms with van der Waals surface area (Å²) in [6.45, 7) is 3.79. The Balaban J connectivity index is 2.14. The summed E-state index contributed by atoms with van der Waals surface area (Å²) in [5.74, 6) is -1.40. The van der Waals surface area contributed by atoms with Gasteiger partial charge in [0.25, 0.3) is 5.91 Å². The fourth-order valence-electron chi connectivity index (χ4n) is 2.35. The molecule has 2 aromatic carbocycles.